The third-order valence-electron chi connectivity index (χ3n) is 2.43. The minimum Gasteiger partial charge on any atom is -0.497 e. The monoisotopic (exact) mass is 273 g/mol. The van der Waals surface area contributed by atoms with Gasteiger partial charge in [-0.1, -0.05) is 0 Å². The molecule has 0 aliphatic carbocycles. The summed E-state index contributed by atoms with van der Waals surface area (Å²) in [5.41, 5.74) is 6.04. The van der Waals surface area contributed by atoms with E-state index in [4.69, 9.17) is 10.5 Å². The van der Waals surface area contributed by atoms with Crippen LogP contribution in [0.1, 0.15) is 0 Å². The van der Waals surface area contributed by atoms with Crippen molar-refractivity contribution in [2.45, 2.75) is 0 Å². The van der Waals surface area contributed by atoms with Crippen molar-refractivity contribution in [1.82, 2.24) is 4.31 Å². The Labute approximate surface area is 108 Å². The third kappa shape index (κ3) is 3.12. The van der Waals surface area contributed by atoms with Gasteiger partial charge in [-0.2, -0.15) is 12.7 Å². The summed E-state index contributed by atoms with van der Waals surface area (Å²) in [5.74, 6) is 0.675. The van der Waals surface area contributed by atoms with Crippen LogP contribution in [0, 0.1) is 0 Å². The van der Waals surface area contributed by atoms with Gasteiger partial charge in [0.05, 0.1) is 12.8 Å². The van der Waals surface area contributed by atoms with Gasteiger partial charge >= 0.3 is 10.2 Å². The predicted molar refractivity (Wildman–Crippen MR) is 72.0 cm³/mol. The number of nitrogens with two attached hydrogens (primary N) is 1. The molecule has 0 radical (unpaired) electrons. The van der Waals surface area contributed by atoms with E-state index >= 15 is 0 Å². The van der Waals surface area contributed by atoms with Crippen molar-refractivity contribution in [2.24, 2.45) is 5.73 Å². The highest BCUT2D eigenvalue weighted by Gasteiger charge is 2.24. The summed E-state index contributed by atoms with van der Waals surface area (Å²) in [7, 11) is 1.01. The van der Waals surface area contributed by atoms with Gasteiger partial charge in [-0.15, -0.1) is 0 Å². The number of hydrogen-bond acceptors (Lipinski definition) is 4. The predicted octanol–water partition coefficient (Wildman–Crippen LogP) is 0.267. The van der Waals surface area contributed by atoms with Crippen LogP contribution >= 0.6 is 0 Å². The first-order chi connectivity index (χ1) is 8.43. The van der Waals surface area contributed by atoms with Crippen LogP contribution in [-0.4, -0.2) is 47.0 Å². The average molecular weight is 273 g/mol. The van der Waals surface area contributed by atoms with Crippen molar-refractivity contribution in [3.05, 3.63) is 24.3 Å². The molecule has 7 heteroatoms. The quantitative estimate of drug-likeness (QED) is 0.807. The van der Waals surface area contributed by atoms with E-state index in [-0.39, 0.29) is 13.1 Å². The summed E-state index contributed by atoms with van der Waals surface area (Å²) in [5, 5.41) is 0. The molecular formula is C11H19N3O3S. The van der Waals surface area contributed by atoms with Crippen molar-refractivity contribution in [1.29, 1.82) is 0 Å². The van der Waals surface area contributed by atoms with E-state index in [0.717, 1.165) is 4.31 Å². The number of rotatable bonds is 6. The zero-order chi connectivity index (χ0) is 13.8. The number of methoxy groups -OCH3 is 1. The van der Waals surface area contributed by atoms with Crippen molar-refractivity contribution in [3.8, 4) is 5.75 Å². The fourth-order valence-electron chi connectivity index (χ4n) is 1.44. The zero-order valence-electron chi connectivity index (χ0n) is 10.8. The fraction of sp³-hybridized carbons (Fsp3) is 0.455. The van der Waals surface area contributed by atoms with E-state index in [1.165, 1.54) is 18.4 Å². The van der Waals surface area contributed by atoms with Crippen molar-refractivity contribution in [3.63, 3.8) is 0 Å². The molecule has 0 saturated carbocycles. The molecule has 102 valence electrons. The molecule has 0 bridgehead atoms. The van der Waals surface area contributed by atoms with Crippen LogP contribution in [0.4, 0.5) is 5.69 Å². The molecule has 1 rings (SSSR count). The van der Waals surface area contributed by atoms with Crippen LogP contribution in [0.3, 0.4) is 0 Å². The molecule has 0 spiro atoms. The highest BCUT2D eigenvalue weighted by Crippen LogP contribution is 2.22. The van der Waals surface area contributed by atoms with E-state index in [9.17, 15) is 8.42 Å². The van der Waals surface area contributed by atoms with Gasteiger partial charge < -0.3 is 10.5 Å². The van der Waals surface area contributed by atoms with Crippen LogP contribution in [0.5, 0.6) is 5.75 Å². The molecule has 0 saturated heterocycles. The van der Waals surface area contributed by atoms with Gasteiger partial charge in [0.2, 0.25) is 0 Å². The first-order valence-electron chi connectivity index (χ1n) is 5.47. The molecule has 6 nitrogen and oxygen atoms in total. The van der Waals surface area contributed by atoms with E-state index in [1.807, 2.05) is 0 Å². The Kier molecular flexibility index (Phi) is 4.94. The highest BCUT2D eigenvalue weighted by molar-refractivity contribution is 7.90. The normalized spacial score (nSPS) is 11.6. The van der Waals surface area contributed by atoms with Crippen LogP contribution in [0.15, 0.2) is 24.3 Å². The maximum atomic E-state index is 12.1. The summed E-state index contributed by atoms with van der Waals surface area (Å²) < 4.78 is 31.7. The van der Waals surface area contributed by atoms with Crippen LogP contribution in [0.2, 0.25) is 0 Å². The second kappa shape index (κ2) is 6.03. The third-order valence-corrected chi connectivity index (χ3v) is 4.31. The van der Waals surface area contributed by atoms with Gasteiger partial charge in [-0.3, -0.25) is 4.31 Å². The molecule has 0 aromatic heterocycles. The Hall–Kier alpha value is -1.31. The van der Waals surface area contributed by atoms with Crippen LogP contribution < -0.4 is 14.8 Å². The number of hydrogen-bond donors (Lipinski definition) is 1. The van der Waals surface area contributed by atoms with Crippen LogP contribution in [-0.2, 0) is 10.2 Å². The summed E-state index contributed by atoms with van der Waals surface area (Å²) in [4.78, 5) is 0. The Balaban J connectivity index is 3.12. The number of ether oxygens (including phenoxy) is 1. The van der Waals surface area contributed by atoms with Crippen molar-refractivity contribution >= 4 is 15.9 Å². The van der Waals surface area contributed by atoms with Gasteiger partial charge in [-0.25, -0.2) is 0 Å². The van der Waals surface area contributed by atoms with Gasteiger partial charge in [0.25, 0.3) is 0 Å². The lowest BCUT2D eigenvalue weighted by Gasteiger charge is -2.27. The van der Waals surface area contributed by atoms with Crippen molar-refractivity contribution in [2.75, 3.05) is 38.6 Å². The van der Waals surface area contributed by atoms with E-state index in [2.05, 4.69) is 0 Å². The minimum absolute atomic E-state index is 0.229. The Morgan fingerprint density at radius 2 is 1.78 bits per heavy atom. The molecular weight excluding hydrogens is 254 g/mol. The molecule has 18 heavy (non-hydrogen) atoms. The van der Waals surface area contributed by atoms with Gasteiger partial charge in [0.1, 0.15) is 5.75 Å². The fourth-order valence-corrected chi connectivity index (χ4v) is 2.56. The lowest BCUT2D eigenvalue weighted by molar-refractivity contribution is 0.415. The molecule has 0 amide bonds. The largest absolute Gasteiger partial charge is 0.497 e. The van der Waals surface area contributed by atoms with Crippen molar-refractivity contribution < 1.29 is 13.2 Å². The lowest BCUT2D eigenvalue weighted by Crippen LogP contribution is -2.42. The minimum atomic E-state index is -3.53. The molecule has 0 unspecified atom stereocenters. The van der Waals surface area contributed by atoms with Gasteiger partial charge in [0, 0.05) is 27.2 Å². The molecule has 0 heterocycles. The molecule has 0 aliphatic heterocycles. The number of benzene rings is 1. The topological polar surface area (TPSA) is 75.9 Å². The average Bonchev–Trinajstić information content (AvgIpc) is 2.35. The standard InChI is InChI=1S/C11H19N3O3S/c1-13(2)18(15,16)14(9-8-12)10-4-6-11(17-3)7-5-10/h4-7H,8-9,12H2,1-3H3. The Bertz CT molecular complexity index is 471. The Morgan fingerprint density at radius 3 is 2.17 bits per heavy atom. The molecule has 0 aliphatic rings. The molecule has 0 fully saturated rings. The lowest BCUT2D eigenvalue weighted by atomic mass is 10.3. The van der Waals surface area contributed by atoms with E-state index < -0.39 is 10.2 Å². The van der Waals surface area contributed by atoms with Crippen LogP contribution in [0.25, 0.3) is 0 Å². The summed E-state index contributed by atoms with van der Waals surface area (Å²) in [6, 6.07) is 6.80. The molecule has 1 aromatic carbocycles. The zero-order valence-corrected chi connectivity index (χ0v) is 11.6. The smallest absolute Gasteiger partial charge is 0.303 e. The SMILES string of the molecule is COc1ccc(N(CCN)S(=O)(=O)N(C)C)cc1. The highest BCUT2D eigenvalue weighted by atomic mass is 32.2. The first kappa shape index (κ1) is 14.7. The molecule has 2 N–H and O–H groups in total. The Morgan fingerprint density at radius 1 is 1.22 bits per heavy atom. The van der Waals surface area contributed by atoms with Gasteiger partial charge in [0.15, 0.2) is 0 Å². The number of anilines is 1. The molecule has 0 atom stereocenters. The van der Waals surface area contributed by atoms with E-state index in [0.29, 0.717) is 11.4 Å². The summed E-state index contributed by atoms with van der Waals surface area (Å²) in [6.45, 7) is 0.478. The second-order valence-electron chi connectivity index (χ2n) is 3.85. The molecule has 1 aromatic rings. The first-order valence-corrected chi connectivity index (χ1v) is 6.87. The summed E-state index contributed by atoms with van der Waals surface area (Å²) >= 11 is 0. The second-order valence-corrected chi connectivity index (χ2v) is 5.92. The summed E-state index contributed by atoms with van der Waals surface area (Å²) in [6.07, 6.45) is 0. The van der Waals surface area contributed by atoms with Gasteiger partial charge in [-0.05, 0) is 24.3 Å². The maximum absolute atomic E-state index is 12.1. The maximum Gasteiger partial charge on any atom is 0.303 e. The number of nitrogens with zero attached hydrogens (tertiary/aromatic N) is 2. The van der Waals surface area contributed by atoms with E-state index in [1.54, 1.807) is 31.4 Å².